The van der Waals surface area contributed by atoms with Crippen LogP contribution < -0.4 is 15.8 Å². The molecule has 0 fully saturated rings. The third-order valence-corrected chi connectivity index (χ3v) is 6.37. The van der Waals surface area contributed by atoms with Crippen molar-refractivity contribution in [3.05, 3.63) is 46.0 Å². The molecule has 0 amide bonds. The summed E-state index contributed by atoms with van der Waals surface area (Å²) in [5, 5.41) is 35.7. The molecule has 6 nitrogen and oxygen atoms in total. The number of aliphatic hydroxyl groups excluding tert-OH is 1. The Morgan fingerprint density at radius 2 is 2.10 bits per heavy atom. The highest BCUT2D eigenvalue weighted by Gasteiger charge is 2.36. The Morgan fingerprint density at radius 1 is 1.34 bits per heavy atom. The molecule has 0 saturated heterocycles. The number of phenols is 1. The van der Waals surface area contributed by atoms with Gasteiger partial charge in [0.2, 0.25) is 0 Å². The zero-order valence-electron chi connectivity index (χ0n) is 17.2. The van der Waals surface area contributed by atoms with Gasteiger partial charge in [-0.2, -0.15) is 0 Å². The molecule has 1 aliphatic heterocycles. The molecule has 2 aromatic carbocycles. The molecule has 6 heteroatoms. The summed E-state index contributed by atoms with van der Waals surface area (Å²) >= 11 is 0. The fraction of sp³-hybridized carbons (Fsp3) is 0.478. The first-order chi connectivity index (χ1) is 13.8. The van der Waals surface area contributed by atoms with Crippen LogP contribution in [0, 0.1) is 0 Å². The molecule has 6 N–H and O–H groups in total. The quantitative estimate of drug-likeness (QED) is 0.544. The van der Waals surface area contributed by atoms with Gasteiger partial charge in [-0.15, -0.1) is 0 Å². The second kappa shape index (κ2) is 7.29. The highest BCUT2D eigenvalue weighted by atomic mass is 16.5. The van der Waals surface area contributed by atoms with Gasteiger partial charge in [0, 0.05) is 22.7 Å². The van der Waals surface area contributed by atoms with Gasteiger partial charge < -0.3 is 25.8 Å². The summed E-state index contributed by atoms with van der Waals surface area (Å²) in [6, 6.07) is 5.93. The average Bonchev–Trinajstić information content (AvgIpc) is 2.66. The maximum absolute atomic E-state index is 11.2. The predicted molar refractivity (Wildman–Crippen MR) is 112 cm³/mol. The molecule has 0 bridgehead atoms. The first kappa shape index (κ1) is 20.2. The van der Waals surface area contributed by atoms with Crippen molar-refractivity contribution >= 4 is 0 Å². The van der Waals surface area contributed by atoms with Crippen molar-refractivity contribution in [2.24, 2.45) is 5.73 Å². The van der Waals surface area contributed by atoms with Crippen LogP contribution in [-0.2, 0) is 25.0 Å². The van der Waals surface area contributed by atoms with Crippen molar-refractivity contribution in [1.82, 2.24) is 5.32 Å². The lowest BCUT2D eigenvalue weighted by molar-refractivity contribution is 0.0361. The molecule has 2 unspecified atom stereocenters. The molecule has 0 aromatic heterocycles. The van der Waals surface area contributed by atoms with Gasteiger partial charge >= 0.3 is 0 Å². The summed E-state index contributed by atoms with van der Waals surface area (Å²) in [6.07, 6.45) is 2.53. The molecular formula is C23H30N2O4. The Labute approximate surface area is 171 Å². The van der Waals surface area contributed by atoms with Crippen LogP contribution in [0.15, 0.2) is 18.2 Å². The van der Waals surface area contributed by atoms with E-state index >= 15 is 0 Å². The number of ether oxygens (including phenoxy) is 1. The van der Waals surface area contributed by atoms with E-state index in [0.29, 0.717) is 28.9 Å². The summed E-state index contributed by atoms with van der Waals surface area (Å²) in [5.41, 5.74) is 10.7. The Balaban J connectivity index is 2.01. The van der Waals surface area contributed by atoms with Gasteiger partial charge in [-0.05, 0) is 67.9 Å². The zero-order valence-corrected chi connectivity index (χ0v) is 17.2. The van der Waals surface area contributed by atoms with Gasteiger partial charge in [0.15, 0.2) is 0 Å². The number of nitrogens with one attached hydrogen (secondary N) is 1. The molecule has 156 valence electrons. The van der Waals surface area contributed by atoms with Crippen molar-refractivity contribution < 1.29 is 20.1 Å². The molecule has 1 heterocycles. The van der Waals surface area contributed by atoms with E-state index in [2.05, 4.69) is 12.2 Å². The first-order valence-electron chi connectivity index (χ1n) is 10.2. The number of rotatable bonds is 3. The van der Waals surface area contributed by atoms with E-state index in [0.717, 1.165) is 41.5 Å². The van der Waals surface area contributed by atoms with E-state index in [4.69, 9.17) is 10.5 Å². The van der Waals surface area contributed by atoms with Crippen molar-refractivity contribution in [3.63, 3.8) is 0 Å². The van der Waals surface area contributed by atoms with Crippen LogP contribution in [0.5, 0.6) is 11.5 Å². The van der Waals surface area contributed by atoms with E-state index in [1.54, 1.807) is 20.1 Å². The highest BCUT2D eigenvalue weighted by molar-refractivity contribution is 5.81. The molecule has 4 rings (SSSR count). The standard InChI is InChI=1S/C23H30N2O4/c1-12-9-13-6-7-16(21(27)19(13)22(24)25-12)18-14(11-26)10-17(29-3)20-15(18)5-4-8-23(20,2)28/h6-7,10,12,22,25-28H,4-5,8-9,11,24H2,1-3H3/t12?,22-,23?/m0/s1. The lowest BCUT2D eigenvalue weighted by atomic mass is 9.75. The summed E-state index contributed by atoms with van der Waals surface area (Å²) in [6.45, 7) is 3.67. The van der Waals surface area contributed by atoms with Crippen molar-refractivity contribution in [2.45, 2.75) is 63.9 Å². The molecule has 0 radical (unpaired) electrons. The minimum absolute atomic E-state index is 0.140. The van der Waals surface area contributed by atoms with Crippen LogP contribution >= 0.6 is 0 Å². The lowest BCUT2D eigenvalue weighted by Crippen LogP contribution is -2.41. The van der Waals surface area contributed by atoms with Gasteiger partial charge in [0.05, 0.1) is 25.5 Å². The topological polar surface area (TPSA) is 108 Å². The number of nitrogens with two attached hydrogens (primary N) is 1. The maximum Gasteiger partial charge on any atom is 0.129 e. The molecule has 2 aliphatic rings. The molecule has 29 heavy (non-hydrogen) atoms. The fourth-order valence-corrected chi connectivity index (χ4v) is 5.12. The molecule has 0 spiro atoms. The Bertz CT molecular complexity index is 955. The third-order valence-electron chi connectivity index (χ3n) is 6.37. The Hall–Kier alpha value is -2.12. The normalized spacial score (nSPS) is 26.0. The van der Waals surface area contributed by atoms with Gasteiger partial charge in [0.25, 0.3) is 0 Å². The number of methoxy groups -OCH3 is 1. The van der Waals surface area contributed by atoms with Crippen molar-refractivity contribution in [2.75, 3.05) is 7.11 Å². The molecule has 3 atom stereocenters. The molecule has 2 aromatic rings. The van der Waals surface area contributed by atoms with Gasteiger partial charge in [-0.1, -0.05) is 12.1 Å². The average molecular weight is 399 g/mol. The van der Waals surface area contributed by atoms with Crippen LogP contribution in [0.3, 0.4) is 0 Å². The number of phenolic OH excluding ortho intramolecular Hbond substituents is 1. The van der Waals surface area contributed by atoms with Crippen molar-refractivity contribution in [3.8, 4) is 22.6 Å². The van der Waals surface area contributed by atoms with Gasteiger partial charge in [-0.3, -0.25) is 5.32 Å². The number of benzene rings is 2. The largest absolute Gasteiger partial charge is 0.507 e. The van der Waals surface area contributed by atoms with Crippen LogP contribution in [0.2, 0.25) is 0 Å². The maximum atomic E-state index is 11.2. The smallest absolute Gasteiger partial charge is 0.129 e. The van der Waals surface area contributed by atoms with E-state index in [-0.39, 0.29) is 18.4 Å². The van der Waals surface area contributed by atoms with Crippen LogP contribution in [0.25, 0.3) is 11.1 Å². The predicted octanol–water partition coefficient (Wildman–Crippen LogP) is 2.60. The zero-order chi connectivity index (χ0) is 20.9. The number of hydrogen-bond acceptors (Lipinski definition) is 6. The Kier molecular flexibility index (Phi) is 5.07. The number of fused-ring (bicyclic) bond motifs is 2. The van der Waals surface area contributed by atoms with Crippen LogP contribution in [-0.4, -0.2) is 28.5 Å². The number of aliphatic hydroxyl groups is 2. The summed E-state index contributed by atoms with van der Waals surface area (Å²) < 4.78 is 5.57. The monoisotopic (exact) mass is 398 g/mol. The fourth-order valence-electron chi connectivity index (χ4n) is 5.12. The lowest BCUT2D eigenvalue weighted by Gasteiger charge is -2.35. The van der Waals surface area contributed by atoms with Crippen LogP contribution in [0.4, 0.5) is 0 Å². The van der Waals surface area contributed by atoms with E-state index in [1.807, 2.05) is 12.1 Å². The summed E-state index contributed by atoms with van der Waals surface area (Å²) in [7, 11) is 1.57. The second-order valence-electron chi connectivity index (χ2n) is 8.54. The van der Waals surface area contributed by atoms with E-state index < -0.39 is 11.8 Å². The SMILES string of the molecule is COc1cc(CO)c(-c2ccc3c(c2O)[C@@H](N)NC(C)C3)c2c1C(C)(O)CCC2. The van der Waals surface area contributed by atoms with E-state index in [1.165, 1.54) is 0 Å². The third kappa shape index (κ3) is 3.20. The minimum Gasteiger partial charge on any atom is -0.507 e. The molecular weight excluding hydrogens is 368 g/mol. The second-order valence-corrected chi connectivity index (χ2v) is 8.54. The van der Waals surface area contributed by atoms with Gasteiger partial charge in [-0.25, -0.2) is 0 Å². The number of hydrogen-bond donors (Lipinski definition) is 5. The first-order valence-corrected chi connectivity index (χ1v) is 10.2. The Morgan fingerprint density at radius 3 is 2.79 bits per heavy atom. The van der Waals surface area contributed by atoms with E-state index in [9.17, 15) is 15.3 Å². The number of aromatic hydroxyl groups is 1. The van der Waals surface area contributed by atoms with Crippen molar-refractivity contribution in [1.29, 1.82) is 0 Å². The molecule has 0 saturated carbocycles. The highest BCUT2D eigenvalue weighted by Crippen LogP contribution is 2.49. The van der Waals surface area contributed by atoms with Gasteiger partial charge in [0.1, 0.15) is 11.5 Å². The minimum atomic E-state index is -1.03. The van der Waals surface area contributed by atoms with Crippen LogP contribution in [0.1, 0.15) is 60.7 Å². The summed E-state index contributed by atoms with van der Waals surface area (Å²) in [5.74, 6) is 0.712. The molecule has 1 aliphatic carbocycles. The summed E-state index contributed by atoms with van der Waals surface area (Å²) in [4.78, 5) is 0.